The summed E-state index contributed by atoms with van der Waals surface area (Å²) in [5.74, 6) is -22.7. The number of nitrogens with one attached hydrogen (secondary N) is 10. The number of aliphatic carboxylic acids is 2. The second kappa shape index (κ2) is 44.3. The highest BCUT2D eigenvalue weighted by Crippen LogP contribution is 2.26. The number of aliphatic imine (C=N–C) groups is 1. The third-order valence-electron chi connectivity index (χ3n) is 15.0. The average molecular weight is 1520 g/mol. The number of carbonyl (C=O) groups is 14. The standard InChI is InChI=1S/C59H99N15O17.2C2HF3O2/c1-13-30(8)39-53(86)72-40(31(9)76)52(85)65-25-38(77)70-42(45(79)47(61)80)55(88)69-37(26-75)57(90)91-46(32-18-15-14-16-19-32)43(74-51(84)36(23-28(4)5)67-48(81)33(60)24-59(10,11)12)56(89)73-41(44(78)29(6)7)54(87)68-35(22-27(2)3)50(83)66-34(49(82)71-39)20-17-21-64-58(62)63;2*3-2(4,5)1(6)7/h14-16,18-19,27-31,33-37,39-46,75-76,78-79H,13,17,20-26,60H2,1-12H3,(H2,61,80)(H,65,85)(H,66,83)(H,67,81)(H,68,87)(H,69,88)(H,70,77)(H,71,82)(H,72,86)(H,73,89)(H,74,84)(H4,62,63,64);2*(H,6,7)/t30-,31-,33+,34+,35-,36-,37-,39-,40-,41-,42-,43-,44+,45-,46+;;/m0../s1. The Morgan fingerprint density at radius 1 is 0.638 bits per heavy atom. The van der Waals surface area contributed by atoms with Crippen molar-refractivity contribution in [3.8, 4) is 0 Å². The molecule has 1 fully saturated rings. The number of esters is 1. The number of rotatable bonds is 22. The lowest BCUT2D eigenvalue weighted by molar-refractivity contribution is -0.193. The van der Waals surface area contributed by atoms with E-state index in [1.54, 1.807) is 41.5 Å². The van der Waals surface area contributed by atoms with Crippen molar-refractivity contribution in [2.24, 2.45) is 57.0 Å². The number of hydrogen-bond acceptors (Lipinski definition) is 21. The van der Waals surface area contributed by atoms with Crippen molar-refractivity contribution in [2.45, 2.75) is 219 Å². The molecule has 0 unspecified atom stereocenters. The lowest BCUT2D eigenvalue weighted by atomic mass is 9.88. The van der Waals surface area contributed by atoms with Gasteiger partial charge in [-0.3, -0.25) is 57.7 Å². The summed E-state index contributed by atoms with van der Waals surface area (Å²) in [6.45, 7) is 17.2. The Bertz CT molecular complexity index is 3110. The van der Waals surface area contributed by atoms with Crippen LogP contribution in [0.1, 0.15) is 133 Å². The largest absolute Gasteiger partial charge is 0.490 e. The number of hydrogen-bond donors (Lipinski definition) is 20. The number of aliphatic hydroxyl groups is 4. The third-order valence-corrected chi connectivity index (χ3v) is 15.0. The number of benzene rings is 1. The predicted octanol–water partition coefficient (Wildman–Crippen LogP) is -3.78. The molecule has 0 aromatic heterocycles. The first-order valence-electron chi connectivity index (χ1n) is 32.8. The van der Waals surface area contributed by atoms with Crippen LogP contribution in [0.5, 0.6) is 0 Å². The number of ether oxygens (including phenoxy) is 1. The Morgan fingerprint density at radius 3 is 1.58 bits per heavy atom. The molecular weight excluding hydrogens is 1420 g/mol. The Kier molecular flexibility index (Phi) is 40.3. The molecule has 0 radical (unpaired) electrons. The van der Waals surface area contributed by atoms with E-state index >= 15 is 4.79 Å². The lowest BCUT2D eigenvalue weighted by Crippen LogP contribution is -2.64. The number of carboxylic acids is 2. The summed E-state index contributed by atoms with van der Waals surface area (Å²) in [6.07, 6.45) is -18.3. The molecule has 1 aromatic rings. The molecule has 1 aliphatic rings. The molecule has 1 heterocycles. The van der Waals surface area contributed by atoms with Crippen molar-refractivity contribution in [1.29, 1.82) is 0 Å². The van der Waals surface area contributed by atoms with Gasteiger partial charge in [0, 0.05) is 6.54 Å². The molecule has 2 rings (SSSR count). The summed E-state index contributed by atoms with van der Waals surface area (Å²) in [4.78, 5) is 192. The van der Waals surface area contributed by atoms with E-state index in [9.17, 15) is 99.5 Å². The molecule has 42 heteroatoms. The van der Waals surface area contributed by atoms with Gasteiger partial charge in [0.25, 0.3) is 0 Å². The van der Waals surface area contributed by atoms with Crippen molar-refractivity contribution in [3.05, 3.63) is 35.9 Å². The van der Waals surface area contributed by atoms with Gasteiger partial charge >= 0.3 is 30.3 Å². The first-order chi connectivity index (χ1) is 48.2. The molecule has 596 valence electrons. The van der Waals surface area contributed by atoms with E-state index in [2.05, 4.69) is 47.5 Å². The van der Waals surface area contributed by atoms with Gasteiger partial charge in [0.1, 0.15) is 48.3 Å². The maximum atomic E-state index is 15.4. The van der Waals surface area contributed by atoms with Crippen molar-refractivity contribution < 1.29 is 129 Å². The molecule has 24 N–H and O–H groups in total. The van der Waals surface area contributed by atoms with Gasteiger partial charge in [-0.2, -0.15) is 26.3 Å². The zero-order valence-corrected chi connectivity index (χ0v) is 60.0. The van der Waals surface area contributed by atoms with Crippen LogP contribution in [0.15, 0.2) is 35.3 Å². The number of guanidine groups is 1. The summed E-state index contributed by atoms with van der Waals surface area (Å²) in [5.41, 5.74) is 22.2. The Morgan fingerprint density at radius 2 is 1.12 bits per heavy atom. The van der Waals surface area contributed by atoms with Gasteiger partial charge in [-0.25, -0.2) is 14.4 Å². The van der Waals surface area contributed by atoms with Crippen LogP contribution in [0.4, 0.5) is 26.3 Å². The lowest BCUT2D eigenvalue weighted by Gasteiger charge is -2.34. The number of primary amides is 1. The number of carboxylic acid groups (broad SMARTS) is 2. The van der Waals surface area contributed by atoms with E-state index in [0.29, 0.717) is 0 Å². The van der Waals surface area contributed by atoms with Crippen LogP contribution >= 0.6 is 0 Å². The number of cyclic esters (lactones) is 1. The fourth-order valence-corrected chi connectivity index (χ4v) is 9.39. The van der Waals surface area contributed by atoms with Crippen LogP contribution in [0.3, 0.4) is 0 Å². The minimum atomic E-state index is -5.08. The van der Waals surface area contributed by atoms with Crippen LogP contribution in [0, 0.1) is 29.1 Å². The van der Waals surface area contributed by atoms with E-state index in [1.165, 1.54) is 44.2 Å². The number of carbonyl (C=O) groups excluding carboxylic acids is 12. The Labute approximate surface area is 600 Å². The fraction of sp³-hybridized carbons (Fsp3) is 0.667. The smallest absolute Gasteiger partial charge is 0.475 e. The highest BCUT2D eigenvalue weighted by Gasteiger charge is 2.45. The first kappa shape index (κ1) is 95.5. The SMILES string of the molecule is CC[C@H](C)[C@@H]1NC(=O)[C@@H](CCCN=C(N)N)NC(=O)[C@H](CC(C)C)NC(=O)[C@H]([C@H](O)C(C)C)NC(=O)[C@@H](NC(=O)[C@H](CC(C)C)NC(=O)[C@H](N)CC(C)(C)C)[C@@H](c2ccccc2)OC(=O)[C@H](CO)NC(=O)[C@H]([C@H](O)C(N)=O)NC(=O)CNC(=O)[C@H]([C@H](C)O)NC1=O.O=C(O)C(F)(F)F.O=C(O)C(F)(F)F. The topological polar surface area (TPSA) is 606 Å². The van der Waals surface area contributed by atoms with Gasteiger partial charge in [-0.15, -0.1) is 0 Å². The molecule has 15 atom stereocenters. The molecule has 1 aromatic carbocycles. The molecule has 0 spiro atoms. The van der Waals surface area contributed by atoms with Crippen molar-refractivity contribution in [2.75, 3.05) is 19.7 Å². The van der Waals surface area contributed by atoms with Gasteiger partial charge < -0.3 is 111 Å². The number of nitrogens with zero attached hydrogens (tertiary/aromatic N) is 1. The molecule has 1 aliphatic heterocycles. The maximum Gasteiger partial charge on any atom is 0.490 e. The van der Waals surface area contributed by atoms with Crippen LogP contribution < -0.4 is 76.1 Å². The second-order valence-electron chi connectivity index (χ2n) is 26.8. The minimum absolute atomic E-state index is 0.0457. The second-order valence-corrected chi connectivity index (χ2v) is 26.8. The summed E-state index contributed by atoms with van der Waals surface area (Å²) in [6, 6.07) is -10.8. The number of alkyl halides is 6. The minimum Gasteiger partial charge on any atom is -0.475 e. The Balaban J connectivity index is 0.00000696. The first-order valence-corrected chi connectivity index (χ1v) is 32.8. The summed E-state index contributed by atoms with van der Waals surface area (Å²) >= 11 is 0. The zero-order valence-electron chi connectivity index (χ0n) is 60.0. The van der Waals surface area contributed by atoms with Crippen LogP contribution in [0.25, 0.3) is 0 Å². The molecular formula is C63H101F6N15O21. The van der Waals surface area contributed by atoms with Gasteiger partial charge in [-0.1, -0.05) is 113 Å². The van der Waals surface area contributed by atoms with Crippen molar-refractivity contribution in [3.63, 3.8) is 0 Å². The fourth-order valence-electron chi connectivity index (χ4n) is 9.39. The quantitative estimate of drug-likeness (QED) is 0.0174. The van der Waals surface area contributed by atoms with Crippen molar-refractivity contribution >= 4 is 88.8 Å². The van der Waals surface area contributed by atoms with Gasteiger partial charge in [0.15, 0.2) is 24.2 Å². The number of amides is 11. The number of halogens is 6. The van der Waals surface area contributed by atoms with Crippen LogP contribution in [-0.2, 0) is 71.9 Å². The average Bonchev–Trinajstić information content (AvgIpc) is 0.813. The summed E-state index contributed by atoms with van der Waals surface area (Å²) in [7, 11) is 0. The van der Waals surface area contributed by atoms with E-state index < -0.39 is 210 Å². The van der Waals surface area contributed by atoms with Gasteiger partial charge in [0.05, 0.1) is 31.4 Å². The zero-order chi connectivity index (χ0) is 81.5. The molecule has 0 aliphatic carbocycles. The molecule has 11 amide bonds. The maximum absolute atomic E-state index is 15.4. The summed E-state index contributed by atoms with van der Waals surface area (Å²) < 4.78 is 69.4. The highest BCUT2D eigenvalue weighted by atomic mass is 19.4. The molecule has 0 bridgehead atoms. The van der Waals surface area contributed by atoms with Crippen LogP contribution in [0.2, 0.25) is 0 Å². The van der Waals surface area contributed by atoms with E-state index in [4.69, 9.17) is 47.5 Å². The highest BCUT2D eigenvalue weighted by molar-refractivity contribution is 6.00. The monoisotopic (exact) mass is 1520 g/mol. The third kappa shape index (κ3) is 35.2. The normalized spacial score (nSPS) is 22.9. The van der Waals surface area contributed by atoms with Gasteiger partial charge in [-0.05, 0) is 73.7 Å². The van der Waals surface area contributed by atoms with Crippen LogP contribution in [-0.4, -0.2) is 230 Å². The van der Waals surface area contributed by atoms with E-state index in [0.717, 1.165) is 6.92 Å². The molecule has 105 heavy (non-hydrogen) atoms. The summed E-state index contributed by atoms with van der Waals surface area (Å²) in [5, 5.41) is 82.4. The number of aliphatic hydroxyl groups excluding tert-OH is 4. The van der Waals surface area contributed by atoms with Gasteiger partial charge in [0.2, 0.25) is 65.0 Å². The predicted molar refractivity (Wildman–Crippen MR) is 358 cm³/mol. The molecule has 36 nitrogen and oxygen atoms in total. The van der Waals surface area contributed by atoms with E-state index in [-0.39, 0.29) is 68.4 Å². The van der Waals surface area contributed by atoms with Crippen molar-refractivity contribution in [1.82, 2.24) is 53.2 Å². The van der Waals surface area contributed by atoms with E-state index in [1.807, 2.05) is 31.4 Å². The Hall–Kier alpha value is -9.55. The molecule has 0 saturated carbocycles. The number of nitrogens with two attached hydrogens (primary N) is 4. The molecule has 1 saturated heterocycles.